The number of carbonyl (C=O) groups is 3. The Balaban J connectivity index is 1.64. The molecule has 6 nitrogen and oxygen atoms in total. The van der Waals surface area contributed by atoms with E-state index in [-0.39, 0.29) is 18.4 Å². The summed E-state index contributed by atoms with van der Waals surface area (Å²) in [5, 5.41) is 0.549. The lowest BCUT2D eigenvalue weighted by molar-refractivity contribution is -0.172. The average Bonchev–Trinajstić information content (AvgIpc) is 2.95. The van der Waals surface area contributed by atoms with Gasteiger partial charge in [-0.05, 0) is 41.8 Å². The first kappa shape index (κ1) is 16.7. The van der Waals surface area contributed by atoms with Crippen LogP contribution in [0.3, 0.4) is 0 Å². The van der Waals surface area contributed by atoms with Gasteiger partial charge < -0.3 is 9.57 Å². The predicted molar refractivity (Wildman–Crippen MR) is 88.7 cm³/mol. The highest BCUT2D eigenvalue weighted by molar-refractivity contribution is 6.02. The number of hydroxylamine groups is 2. The monoisotopic (exact) mass is 339 g/mol. The molecule has 2 aromatic carbocycles. The molecule has 1 aliphatic rings. The van der Waals surface area contributed by atoms with Gasteiger partial charge in [0.25, 0.3) is 11.8 Å². The van der Waals surface area contributed by atoms with E-state index in [0.717, 1.165) is 16.9 Å². The van der Waals surface area contributed by atoms with Crippen molar-refractivity contribution >= 4 is 17.8 Å². The van der Waals surface area contributed by atoms with Gasteiger partial charge in [-0.25, -0.2) is 4.79 Å². The van der Waals surface area contributed by atoms with Crippen molar-refractivity contribution in [3.8, 4) is 5.75 Å². The average molecular weight is 339 g/mol. The molecular weight excluding hydrogens is 322 g/mol. The third-order valence-corrected chi connectivity index (χ3v) is 3.94. The molecule has 2 amide bonds. The number of rotatable bonds is 5. The topological polar surface area (TPSA) is 72.9 Å². The number of carbonyl (C=O) groups excluding carboxylic acids is 3. The van der Waals surface area contributed by atoms with Crippen LogP contribution in [0.25, 0.3) is 0 Å². The van der Waals surface area contributed by atoms with Crippen LogP contribution in [-0.4, -0.2) is 30.0 Å². The van der Waals surface area contributed by atoms with Crippen molar-refractivity contribution in [2.45, 2.75) is 19.3 Å². The molecule has 0 unspecified atom stereocenters. The Morgan fingerprint density at radius 2 is 1.44 bits per heavy atom. The predicted octanol–water partition coefficient (Wildman–Crippen LogP) is 2.51. The molecule has 0 aromatic heterocycles. The minimum atomic E-state index is -0.723. The summed E-state index contributed by atoms with van der Waals surface area (Å²) in [7, 11) is 1.62. The van der Waals surface area contributed by atoms with Crippen LogP contribution in [0.2, 0.25) is 0 Å². The van der Waals surface area contributed by atoms with Gasteiger partial charge in [-0.2, -0.15) is 0 Å². The molecule has 1 aliphatic heterocycles. The largest absolute Gasteiger partial charge is 0.497 e. The summed E-state index contributed by atoms with van der Waals surface area (Å²) in [6, 6.07) is 14.6. The minimum Gasteiger partial charge on any atom is -0.497 e. The van der Waals surface area contributed by atoms with Gasteiger partial charge in [-0.1, -0.05) is 24.3 Å². The fourth-order valence-corrected chi connectivity index (χ4v) is 2.53. The summed E-state index contributed by atoms with van der Waals surface area (Å²) in [5.41, 5.74) is 2.42. The molecule has 1 fully saturated rings. The zero-order chi connectivity index (χ0) is 17.8. The van der Waals surface area contributed by atoms with Crippen LogP contribution in [0.1, 0.15) is 34.3 Å². The van der Waals surface area contributed by atoms with Crippen LogP contribution in [0, 0.1) is 0 Å². The van der Waals surface area contributed by atoms with Crippen molar-refractivity contribution in [3.05, 3.63) is 65.2 Å². The Hall–Kier alpha value is -3.15. The smallest absolute Gasteiger partial charge is 0.363 e. The lowest BCUT2D eigenvalue weighted by Gasteiger charge is -2.12. The molecule has 3 rings (SSSR count). The van der Waals surface area contributed by atoms with Crippen LogP contribution in [-0.2, 0) is 20.8 Å². The molecule has 1 heterocycles. The number of hydrogen-bond donors (Lipinski definition) is 0. The molecule has 6 heteroatoms. The molecule has 0 bridgehead atoms. The summed E-state index contributed by atoms with van der Waals surface area (Å²) in [5.74, 6) is -0.906. The molecule has 2 aromatic rings. The molecule has 0 atom stereocenters. The van der Waals surface area contributed by atoms with Crippen molar-refractivity contribution in [2.24, 2.45) is 0 Å². The van der Waals surface area contributed by atoms with Gasteiger partial charge in [-0.15, -0.1) is 5.06 Å². The van der Waals surface area contributed by atoms with E-state index in [2.05, 4.69) is 0 Å². The second kappa shape index (κ2) is 7.17. The molecule has 1 saturated heterocycles. The number of ether oxygens (including phenoxy) is 1. The minimum absolute atomic E-state index is 0.0763. The zero-order valence-corrected chi connectivity index (χ0v) is 13.7. The van der Waals surface area contributed by atoms with E-state index in [9.17, 15) is 14.4 Å². The molecule has 0 saturated carbocycles. The van der Waals surface area contributed by atoms with E-state index >= 15 is 0 Å². The number of methoxy groups -OCH3 is 1. The van der Waals surface area contributed by atoms with Gasteiger partial charge in [0, 0.05) is 12.8 Å². The quantitative estimate of drug-likeness (QED) is 0.783. The Morgan fingerprint density at radius 3 is 1.96 bits per heavy atom. The van der Waals surface area contributed by atoms with Crippen LogP contribution in [0.15, 0.2) is 48.5 Å². The second-order valence-electron chi connectivity index (χ2n) is 5.68. The van der Waals surface area contributed by atoms with Gasteiger partial charge in [0.2, 0.25) is 0 Å². The fraction of sp³-hybridized carbons (Fsp3) is 0.211. The Morgan fingerprint density at radius 1 is 0.920 bits per heavy atom. The second-order valence-corrected chi connectivity index (χ2v) is 5.68. The Bertz CT molecular complexity index is 780. The van der Waals surface area contributed by atoms with Crippen molar-refractivity contribution in [1.82, 2.24) is 5.06 Å². The summed E-state index contributed by atoms with van der Waals surface area (Å²) in [6.07, 6.45) is 0.863. The first-order valence-corrected chi connectivity index (χ1v) is 7.87. The van der Waals surface area contributed by atoms with Crippen LogP contribution < -0.4 is 4.74 Å². The van der Waals surface area contributed by atoms with Crippen molar-refractivity contribution in [1.29, 1.82) is 0 Å². The van der Waals surface area contributed by atoms with E-state index < -0.39 is 17.8 Å². The van der Waals surface area contributed by atoms with E-state index in [1.165, 1.54) is 0 Å². The highest BCUT2D eigenvalue weighted by Gasteiger charge is 2.33. The van der Waals surface area contributed by atoms with E-state index in [4.69, 9.17) is 9.57 Å². The van der Waals surface area contributed by atoms with E-state index in [0.29, 0.717) is 11.5 Å². The third-order valence-electron chi connectivity index (χ3n) is 3.94. The summed E-state index contributed by atoms with van der Waals surface area (Å²) in [4.78, 5) is 39.9. The maximum atomic E-state index is 12.0. The van der Waals surface area contributed by atoms with E-state index in [1.54, 1.807) is 19.2 Å². The number of benzene rings is 2. The number of hydrogen-bond acceptors (Lipinski definition) is 5. The van der Waals surface area contributed by atoms with Crippen LogP contribution in [0.4, 0.5) is 0 Å². The molecule has 0 radical (unpaired) electrons. The van der Waals surface area contributed by atoms with E-state index in [1.807, 2.05) is 36.4 Å². The summed E-state index contributed by atoms with van der Waals surface area (Å²) < 4.78 is 5.13. The molecule has 128 valence electrons. The Kier molecular flexibility index (Phi) is 4.79. The normalized spacial score (nSPS) is 13.9. The number of nitrogens with zero attached hydrogens (tertiary/aromatic N) is 1. The maximum absolute atomic E-state index is 12.0. The molecule has 0 spiro atoms. The SMILES string of the molecule is COc1ccc(Cc2ccc(C(=O)ON3C(=O)CCC3=O)cc2)cc1. The van der Waals surface area contributed by atoms with Crippen LogP contribution >= 0.6 is 0 Å². The van der Waals surface area contributed by atoms with Crippen molar-refractivity contribution < 1.29 is 24.0 Å². The fourth-order valence-electron chi connectivity index (χ4n) is 2.53. The molecule has 25 heavy (non-hydrogen) atoms. The van der Waals surface area contributed by atoms with Gasteiger partial charge in [-0.3, -0.25) is 9.59 Å². The standard InChI is InChI=1S/C19H17NO5/c1-24-16-8-4-14(5-9-16)12-13-2-6-15(7-3-13)19(23)25-20-17(21)10-11-18(20)22/h2-9H,10-12H2,1H3. The first-order valence-electron chi connectivity index (χ1n) is 7.87. The third kappa shape index (κ3) is 3.85. The van der Waals surface area contributed by atoms with Crippen molar-refractivity contribution in [3.63, 3.8) is 0 Å². The molecule has 0 aliphatic carbocycles. The lowest BCUT2D eigenvalue weighted by atomic mass is 10.0. The van der Waals surface area contributed by atoms with Gasteiger partial charge in [0.05, 0.1) is 12.7 Å². The maximum Gasteiger partial charge on any atom is 0.363 e. The van der Waals surface area contributed by atoms with Gasteiger partial charge in [0.15, 0.2) is 0 Å². The summed E-state index contributed by atoms with van der Waals surface area (Å²) in [6.45, 7) is 0. The van der Waals surface area contributed by atoms with Gasteiger partial charge >= 0.3 is 5.97 Å². The zero-order valence-electron chi connectivity index (χ0n) is 13.7. The summed E-state index contributed by atoms with van der Waals surface area (Å²) >= 11 is 0. The Labute approximate surface area is 144 Å². The highest BCUT2D eigenvalue weighted by atomic mass is 16.7. The first-order chi connectivity index (χ1) is 12.1. The lowest BCUT2D eigenvalue weighted by Crippen LogP contribution is -2.32. The highest BCUT2D eigenvalue weighted by Crippen LogP contribution is 2.17. The number of amides is 2. The van der Waals surface area contributed by atoms with Crippen molar-refractivity contribution in [2.75, 3.05) is 7.11 Å². The van der Waals surface area contributed by atoms with Crippen LogP contribution in [0.5, 0.6) is 5.75 Å². The number of imide groups is 1. The molecule has 0 N–H and O–H groups in total. The molecular formula is C19H17NO5. The van der Waals surface area contributed by atoms with Gasteiger partial charge in [0.1, 0.15) is 5.75 Å².